The zero-order valence-corrected chi connectivity index (χ0v) is 13.3. The van der Waals surface area contributed by atoms with Crippen LogP contribution >= 0.6 is 11.3 Å². The average Bonchev–Trinajstić information content (AvgIpc) is 3.26. The topological polar surface area (TPSA) is 70.2 Å². The summed E-state index contributed by atoms with van der Waals surface area (Å²) < 4.78 is 5.07. The van der Waals surface area contributed by atoms with Gasteiger partial charge in [-0.25, -0.2) is 9.78 Å². The molecule has 3 rings (SSSR count). The van der Waals surface area contributed by atoms with Gasteiger partial charge in [-0.2, -0.15) is 0 Å². The van der Waals surface area contributed by atoms with Crippen LogP contribution < -0.4 is 5.32 Å². The predicted octanol–water partition coefficient (Wildman–Crippen LogP) is 2.38. The van der Waals surface area contributed by atoms with E-state index in [1.54, 1.807) is 22.4 Å². The highest BCUT2D eigenvalue weighted by Gasteiger charge is 2.30. The van der Waals surface area contributed by atoms with Gasteiger partial charge in [0.2, 0.25) is 0 Å². The zero-order chi connectivity index (χ0) is 15.4. The van der Waals surface area contributed by atoms with Gasteiger partial charge in [0.25, 0.3) is 0 Å². The number of nitrogens with one attached hydrogen (secondary N) is 2. The highest BCUT2D eigenvalue weighted by molar-refractivity contribution is 7.10. The van der Waals surface area contributed by atoms with Crippen molar-refractivity contribution in [3.05, 3.63) is 40.6 Å². The van der Waals surface area contributed by atoms with Crippen LogP contribution in [0.3, 0.4) is 0 Å². The smallest absolute Gasteiger partial charge is 0.409 e. The van der Waals surface area contributed by atoms with E-state index in [0.717, 1.165) is 18.8 Å². The minimum absolute atomic E-state index is 0.0298. The van der Waals surface area contributed by atoms with Crippen LogP contribution in [-0.4, -0.2) is 46.7 Å². The van der Waals surface area contributed by atoms with Crippen molar-refractivity contribution in [2.75, 3.05) is 19.7 Å². The summed E-state index contributed by atoms with van der Waals surface area (Å²) in [4.78, 5) is 22.3. The standard InChI is InChI=1S/C15H20N4O2S/c1-2-21-15(20)19-8-5-11(10-19)18-13(12-4-3-9-22-12)14-16-6-7-17-14/h3-4,6-7,9,11,13,18H,2,5,8,10H2,1H3,(H,16,17). The van der Waals surface area contributed by atoms with E-state index in [-0.39, 0.29) is 18.2 Å². The van der Waals surface area contributed by atoms with Crippen molar-refractivity contribution in [3.8, 4) is 0 Å². The highest BCUT2D eigenvalue weighted by Crippen LogP contribution is 2.25. The summed E-state index contributed by atoms with van der Waals surface area (Å²) >= 11 is 1.70. The number of rotatable bonds is 5. The normalized spacial score (nSPS) is 19.3. The molecule has 1 saturated heterocycles. The van der Waals surface area contributed by atoms with E-state index in [1.165, 1.54) is 4.88 Å². The Morgan fingerprint density at radius 2 is 2.59 bits per heavy atom. The summed E-state index contributed by atoms with van der Waals surface area (Å²) in [5.41, 5.74) is 0. The molecule has 0 saturated carbocycles. The van der Waals surface area contributed by atoms with Crippen LogP contribution in [0.4, 0.5) is 4.79 Å². The second kappa shape index (κ2) is 6.93. The largest absolute Gasteiger partial charge is 0.450 e. The molecule has 1 aliphatic heterocycles. The molecule has 118 valence electrons. The van der Waals surface area contributed by atoms with Crippen LogP contribution in [0.5, 0.6) is 0 Å². The van der Waals surface area contributed by atoms with Crippen molar-refractivity contribution in [1.29, 1.82) is 0 Å². The first-order valence-electron chi connectivity index (χ1n) is 7.48. The number of carbonyl (C=O) groups is 1. The minimum atomic E-state index is -0.225. The molecule has 0 aliphatic carbocycles. The van der Waals surface area contributed by atoms with Gasteiger partial charge in [0.15, 0.2) is 0 Å². The SMILES string of the molecule is CCOC(=O)N1CCC(NC(c2ncc[nH]2)c2cccs2)C1. The van der Waals surface area contributed by atoms with Gasteiger partial charge < -0.3 is 14.6 Å². The van der Waals surface area contributed by atoms with Gasteiger partial charge in [-0.3, -0.25) is 5.32 Å². The van der Waals surface area contributed by atoms with Gasteiger partial charge in [-0.15, -0.1) is 11.3 Å². The van der Waals surface area contributed by atoms with E-state index in [2.05, 4.69) is 26.7 Å². The number of hydrogen-bond donors (Lipinski definition) is 2. The van der Waals surface area contributed by atoms with E-state index in [9.17, 15) is 4.79 Å². The van der Waals surface area contributed by atoms with Crippen LogP contribution in [0, 0.1) is 0 Å². The van der Waals surface area contributed by atoms with Crippen LogP contribution in [0.1, 0.15) is 30.1 Å². The van der Waals surface area contributed by atoms with Crippen LogP contribution in [0.25, 0.3) is 0 Å². The Bertz CT molecular complexity index is 550. The molecular formula is C15H20N4O2S. The quantitative estimate of drug-likeness (QED) is 0.887. The summed E-state index contributed by atoms with van der Waals surface area (Å²) in [7, 11) is 0. The monoisotopic (exact) mass is 320 g/mol. The molecule has 2 atom stereocenters. The molecule has 2 N–H and O–H groups in total. The zero-order valence-electron chi connectivity index (χ0n) is 12.5. The Morgan fingerprint density at radius 1 is 1.68 bits per heavy atom. The number of hydrogen-bond acceptors (Lipinski definition) is 5. The lowest BCUT2D eigenvalue weighted by Crippen LogP contribution is -2.37. The summed E-state index contributed by atoms with van der Waals surface area (Å²) in [6.45, 7) is 3.64. The van der Waals surface area contributed by atoms with E-state index >= 15 is 0 Å². The number of aromatic nitrogens is 2. The van der Waals surface area contributed by atoms with Gasteiger partial charge in [0.05, 0.1) is 6.61 Å². The molecule has 0 radical (unpaired) electrons. The van der Waals surface area contributed by atoms with Crippen LogP contribution in [-0.2, 0) is 4.74 Å². The second-order valence-corrected chi connectivity index (χ2v) is 6.20. The van der Waals surface area contributed by atoms with E-state index in [4.69, 9.17) is 4.74 Å². The molecule has 0 bridgehead atoms. The Kier molecular flexibility index (Phi) is 4.74. The molecule has 7 heteroatoms. The number of nitrogens with zero attached hydrogens (tertiary/aromatic N) is 2. The average molecular weight is 320 g/mol. The van der Waals surface area contributed by atoms with Gasteiger partial charge in [0, 0.05) is 36.4 Å². The third kappa shape index (κ3) is 3.31. The van der Waals surface area contributed by atoms with Crippen molar-refractivity contribution in [2.45, 2.75) is 25.4 Å². The maximum Gasteiger partial charge on any atom is 0.409 e. The first-order chi connectivity index (χ1) is 10.8. The molecule has 6 nitrogen and oxygen atoms in total. The molecule has 0 spiro atoms. The fourth-order valence-corrected chi connectivity index (χ4v) is 3.49. The fraction of sp³-hybridized carbons (Fsp3) is 0.467. The fourth-order valence-electron chi connectivity index (χ4n) is 2.70. The molecule has 2 unspecified atom stereocenters. The molecule has 0 aromatic carbocycles. The van der Waals surface area contributed by atoms with Crippen LogP contribution in [0.15, 0.2) is 29.9 Å². The molecule has 2 aromatic rings. The molecule has 1 amide bonds. The second-order valence-electron chi connectivity index (χ2n) is 5.22. The molecule has 22 heavy (non-hydrogen) atoms. The van der Waals surface area contributed by atoms with E-state index in [0.29, 0.717) is 13.2 Å². The van der Waals surface area contributed by atoms with E-state index < -0.39 is 0 Å². The van der Waals surface area contributed by atoms with Gasteiger partial charge >= 0.3 is 6.09 Å². The van der Waals surface area contributed by atoms with Crippen molar-refractivity contribution < 1.29 is 9.53 Å². The number of likely N-dealkylation sites (tertiary alicyclic amines) is 1. The van der Waals surface area contributed by atoms with Gasteiger partial charge in [0.1, 0.15) is 11.9 Å². The molecule has 1 aliphatic rings. The van der Waals surface area contributed by atoms with E-state index in [1.807, 2.05) is 19.2 Å². The summed E-state index contributed by atoms with van der Waals surface area (Å²) in [5, 5.41) is 5.68. The third-order valence-electron chi connectivity index (χ3n) is 3.74. The predicted molar refractivity (Wildman–Crippen MR) is 84.9 cm³/mol. The van der Waals surface area contributed by atoms with Crippen LogP contribution in [0.2, 0.25) is 0 Å². The number of ether oxygens (including phenoxy) is 1. The molecular weight excluding hydrogens is 300 g/mol. The molecule has 1 fully saturated rings. The van der Waals surface area contributed by atoms with Crippen molar-refractivity contribution in [3.63, 3.8) is 0 Å². The number of amides is 1. The molecule has 3 heterocycles. The first kappa shape index (κ1) is 15.1. The highest BCUT2D eigenvalue weighted by atomic mass is 32.1. The van der Waals surface area contributed by atoms with Gasteiger partial charge in [-0.1, -0.05) is 6.07 Å². The maximum absolute atomic E-state index is 11.8. The number of imidazole rings is 1. The first-order valence-corrected chi connectivity index (χ1v) is 8.36. The number of carbonyl (C=O) groups excluding carboxylic acids is 1. The Labute approximate surface area is 133 Å². The van der Waals surface area contributed by atoms with Crippen molar-refractivity contribution in [2.24, 2.45) is 0 Å². The summed E-state index contributed by atoms with van der Waals surface area (Å²) in [6.07, 6.45) is 4.29. The Morgan fingerprint density at radius 3 is 3.27 bits per heavy atom. The third-order valence-corrected chi connectivity index (χ3v) is 4.67. The maximum atomic E-state index is 11.8. The Balaban J connectivity index is 1.66. The lowest BCUT2D eigenvalue weighted by atomic mass is 10.1. The van der Waals surface area contributed by atoms with Gasteiger partial charge in [-0.05, 0) is 24.8 Å². The number of aromatic amines is 1. The lowest BCUT2D eigenvalue weighted by molar-refractivity contribution is 0.115. The summed E-state index contributed by atoms with van der Waals surface area (Å²) in [5.74, 6) is 0.900. The number of H-pyrrole nitrogens is 1. The van der Waals surface area contributed by atoms with Crippen molar-refractivity contribution >= 4 is 17.4 Å². The van der Waals surface area contributed by atoms with Crippen molar-refractivity contribution in [1.82, 2.24) is 20.2 Å². The summed E-state index contributed by atoms with van der Waals surface area (Å²) in [6, 6.07) is 4.41. The number of thiophene rings is 1. The lowest BCUT2D eigenvalue weighted by Gasteiger charge is -2.21. The minimum Gasteiger partial charge on any atom is -0.450 e. The molecule has 2 aromatic heterocycles. The Hall–Kier alpha value is -1.86.